The van der Waals surface area contributed by atoms with Crippen LogP contribution < -0.4 is 4.74 Å². The van der Waals surface area contributed by atoms with Crippen LogP contribution in [-0.4, -0.2) is 53.3 Å². The number of benzene rings is 1. The maximum absolute atomic E-state index is 13.9. The van der Waals surface area contributed by atoms with Gasteiger partial charge in [0.1, 0.15) is 5.75 Å². The van der Waals surface area contributed by atoms with Gasteiger partial charge in [-0.25, -0.2) is 0 Å². The number of amides is 3. The molecule has 6 heteroatoms. The lowest BCUT2D eigenvalue weighted by atomic mass is 9.75. The average Bonchev–Trinajstić information content (AvgIpc) is 3.46. The molecule has 2 aliphatic heterocycles. The first-order valence-corrected chi connectivity index (χ1v) is 11.8. The van der Waals surface area contributed by atoms with E-state index in [2.05, 4.69) is 0 Å². The Bertz CT molecular complexity index is 876. The van der Waals surface area contributed by atoms with Crippen LogP contribution >= 0.6 is 0 Å². The van der Waals surface area contributed by atoms with E-state index in [1.54, 1.807) is 7.11 Å². The Morgan fingerprint density at radius 2 is 1.74 bits per heavy atom. The highest BCUT2D eigenvalue weighted by Crippen LogP contribution is 2.45. The Balaban J connectivity index is 1.48. The second kappa shape index (κ2) is 7.95. The van der Waals surface area contributed by atoms with Crippen molar-refractivity contribution < 1.29 is 19.1 Å². The number of methoxy groups -OCH3 is 1. The third-order valence-electron chi connectivity index (χ3n) is 8.11. The van der Waals surface area contributed by atoms with Crippen LogP contribution in [0.2, 0.25) is 0 Å². The molecule has 2 aliphatic carbocycles. The Labute approximate surface area is 183 Å². The van der Waals surface area contributed by atoms with Crippen molar-refractivity contribution in [2.75, 3.05) is 13.7 Å². The summed E-state index contributed by atoms with van der Waals surface area (Å²) >= 11 is 0. The van der Waals surface area contributed by atoms with Crippen LogP contribution in [0.15, 0.2) is 24.3 Å². The fourth-order valence-electron chi connectivity index (χ4n) is 6.47. The smallest absolute Gasteiger partial charge is 0.241 e. The fourth-order valence-corrected chi connectivity index (χ4v) is 6.47. The maximum Gasteiger partial charge on any atom is 0.241 e. The molecule has 0 radical (unpaired) electrons. The number of fused-ring (bicyclic) bond motifs is 2. The number of carbonyl (C=O) groups excluding carboxylic acids is 3. The average molecular weight is 425 g/mol. The number of imide groups is 1. The summed E-state index contributed by atoms with van der Waals surface area (Å²) in [5, 5.41) is 0. The zero-order valence-corrected chi connectivity index (χ0v) is 18.3. The number of hydrogen-bond donors (Lipinski definition) is 0. The lowest BCUT2D eigenvalue weighted by molar-refractivity contribution is -0.145. The maximum atomic E-state index is 13.9. The van der Waals surface area contributed by atoms with E-state index in [-0.39, 0.29) is 36.6 Å². The van der Waals surface area contributed by atoms with E-state index in [0.717, 1.165) is 50.6 Å². The van der Waals surface area contributed by atoms with Crippen molar-refractivity contribution in [2.24, 2.45) is 5.92 Å². The minimum Gasteiger partial charge on any atom is -0.497 e. The molecule has 3 amide bonds. The topological polar surface area (TPSA) is 66.9 Å². The van der Waals surface area contributed by atoms with Crippen molar-refractivity contribution in [1.82, 2.24) is 9.80 Å². The van der Waals surface area contributed by atoms with E-state index in [1.807, 2.05) is 29.2 Å². The van der Waals surface area contributed by atoms with Gasteiger partial charge in [0.15, 0.2) is 0 Å². The quantitative estimate of drug-likeness (QED) is 0.680. The minimum absolute atomic E-state index is 0.0128. The number of rotatable bonds is 5. The van der Waals surface area contributed by atoms with Crippen LogP contribution in [0, 0.1) is 5.92 Å². The molecule has 4 fully saturated rings. The zero-order valence-electron chi connectivity index (χ0n) is 18.3. The monoisotopic (exact) mass is 424 g/mol. The molecular weight excluding hydrogens is 392 g/mol. The predicted octanol–water partition coefficient (Wildman–Crippen LogP) is 3.43. The van der Waals surface area contributed by atoms with Gasteiger partial charge in [-0.3, -0.25) is 19.3 Å². The van der Waals surface area contributed by atoms with Crippen molar-refractivity contribution in [3.63, 3.8) is 0 Å². The van der Waals surface area contributed by atoms with Gasteiger partial charge < -0.3 is 9.64 Å². The van der Waals surface area contributed by atoms with Crippen LogP contribution in [0.1, 0.15) is 69.8 Å². The highest BCUT2D eigenvalue weighted by atomic mass is 16.5. The molecule has 5 rings (SSSR count). The van der Waals surface area contributed by atoms with Crippen molar-refractivity contribution in [1.29, 1.82) is 0 Å². The third kappa shape index (κ3) is 3.44. The summed E-state index contributed by atoms with van der Waals surface area (Å²) in [6.07, 6.45) is 8.52. The van der Waals surface area contributed by atoms with E-state index >= 15 is 0 Å². The van der Waals surface area contributed by atoms with Gasteiger partial charge in [-0.1, -0.05) is 31.4 Å². The van der Waals surface area contributed by atoms with Gasteiger partial charge in [0.25, 0.3) is 0 Å². The second-order valence-corrected chi connectivity index (χ2v) is 9.90. The molecule has 2 bridgehead atoms. The van der Waals surface area contributed by atoms with Crippen LogP contribution in [0.25, 0.3) is 0 Å². The van der Waals surface area contributed by atoms with Crippen molar-refractivity contribution in [3.05, 3.63) is 29.8 Å². The predicted molar refractivity (Wildman–Crippen MR) is 115 cm³/mol. The molecule has 166 valence electrons. The van der Waals surface area contributed by atoms with Gasteiger partial charge in [-0.05, 0) is 55.7 Å². The van der Waals surface area contributed by atoms with E-state index in [4.69, 9.17) is 4.74 Å². The van der Waals surface area contributed by atoms with Crippen molar-refractivity contribution >= 4 is 17.7 Å². The molecule has 2 saturated carbocycles. The van der Waals surface area contributed by atoms with Crippen LogP contribution in [-0.2, 0) is 19.8 Å². The summed E-state index contributed by atoms with van der Waals surface area (Å²) in [6.45, 7) is 0.802. The molecule has 1 aromatic rings. The molecule has 1 aromatic carbocycles. The van der Waals surface area contributed by atoms with E-state index in [0.29, 0.717) is 17.7 Å². The largest absolute Gasteiger partial charge is 0.497 e. The van der Waals surface area contributed by atoms with Crippen LogP contribution in [0.4, 0.5) is 0 Å². The Morgan fingerprint density at radius 1 is 1.03 bits per heavy atom. The molecule has 0 N–H and O–H groups in total. The lowest BCUT2D eigenvalue weighted by Crippen LogP contribution is -2.46. The van der Waals surface area contributed by atoms with E-state index in [9.17, 15) is 14.4 Å². The summed E-state index contributed by atoms with van der Waals surface area (Å²) < 4.78 is 5.29. The minimum atomic E-state index is -1.10. The molecule has 0 aromatic heterocycles. The van der Waals surface area contributed by atoms with Gasteiger partial charge in [0, 0.05) is 31.5 Å². The first kappa shape index (κ1) is 20.5. The molecule has 2 heterocycles. The second-order valence-electron chi connectivity index (χ2n) is 9.90. The molecule has 6 nitrogen and oxygen atoms in total. The number of likely N-dealkylation sites (tertiary alicyclic amines) is 2. The first-order valence-electron chi connectivity index (χ1n) is 11.8. The number of hydrogen-bond acceptors (Lipinski definition) is 4. The Morgan fingerprint density at radius 3 is 2.42 bits per heavy atom. The van der Waals surface area contributed by atoms with E-state index in [1.165, 1.54) is 17.7 Å². The SMILES string of the molecule is COc1ccc([C@@]2(CC(=O)N3C[C@H]4CCC[C@H]3C4)CC(=O)N(C3CCCC3)C2=O)cc1. The normalized spacial score (nSPS) is 31.0. The van der Waals surface area contributed by atoms with Crippen molar-refractivity contribution in [3.8, 4) is 5.75 Å². The van der Waals surface area contributed by atoms with Crippen LogP contribution in [0.5, 0.6) is 5.75 Å². The van der Waals surface area contributed by atoms with E-state index < -0.39 is 5.41 Å². The highest BCUT2D eigenvalue weighted by Gasteiger charge is 2.56. The Hall–Kier alpha value is -2.37. The first-order chi connectivity index (χ1) is 15.0. The molecular formula is C25H32N2O4. The number of nitrogens with zero attached hydrogens (tertiary/aromatic N) is 2. The summed E-state index contributed by atoms with van der Waals surface area (Å²) in [6, 6.07) is 7.65. The van der Waals surface area contributed by atoms with Gasteiger partial charge in [0.05, 0.1) is 12.5 Å². The highest BCUT2D eigenvalue weighted by molar-refractivity contribution is 6.11. The standard InChI is InChI=1S/C25H32N2O4/c1-31-21-11-9-18(10-12-21)25(14-22(28)26-16-17-5-4-8-20(26)13-17)15-23(29)27(24(25)30)19-6-2-3-7-19/h9-12,17,19-20H,2-8,13-16H2,1H3/t17-,20-,25+/m0/s1. The van der Waals surface area contributed by atoms with Gasteiger partial charge in [0.2, 0.25) is 17.7 Å². The lowest BCUT2D eigenvalue weighted by Gasteiger charge is -2.32. The summed E-state index contributed by atoms with van der Waals surface area (Å²) in [7, 11) is 1.60. The molecule has 4 aliphatic rings. The molecule has 2 saturated heterocycles. The zero-order chi connectivity index (χ0) is 21.6. The molecule has 0 unspecified atom stereocenters. The number of carbonyl (C=O) groups is 3. The van der Waals surface area contributed by atoms with Gasteiger partial charge in [-0.2, -0.15) is 0 Å². The fraction of sp³-hybridized carbons (Fsp3) is 0.640. The summed E-state index contributed by atoms with van der Waals surface area (Å²) in [4.78, 5) is 44.1. The molecule has 31 heavy (non-hydrogen) atoms. The van der Waals surface area contributed by atoms with Gasteiger partial charge >= 0.3 is 0 Å². The summed E-state index contributed by atoms with van der Waals surface area (Å²) in [5.74, 6) is 1.02. The van der Waals surface area contributed by atoms with Crippen LogP contribution in [0.3, 0.4) is 0 Å². The Kier molecular flexibility index (Phi) is 5.27. The van der Waals surface area contributed by atoms with Crippen molar-refractivity contribution in [2.45, 2.75) is 81.7 Å². The number of ether oxygens (including phenoxy) is 1. The third-order valence-corrected chi connectivity index (χ3v) is 8.11. The molecule has 0 spiro atoms. The molecule has 3 atom stereocenters. The summed E-state index contributed by atoms with van der Waals surface area (Å²) in [5.41, 5.74) is -0.345. The van der Waals surface area contributed by atoms with Gasteiger partial charge in [-0.15, -0.1) is 0 Å².